The topological polar surface area (TPSA) is 73.3 Å². The fraction of sp³-hybridized carbons (Fsp3) is 0.414. The van der Waals surface area contributed by atoms with E-state index >= 15 is 0 Å². The highest BCUT2D eigenvalue weighted by molar-refractivity contribution is 5.77. The van der Waals surface area contributed by atoms with Crippen LogP contribution < -0.4 is 5.32 Å². The van der Waals surface area contributed by atoms with Gasteiger partial charge in [0.1, 0.15) is 12.2 Å². The molecule has 1 fully saturated rings. The number of benzene rings is 2. The zero-order valence-electron chi connectivity index (χ0n) is 20.9. The number of carbonyl (C=O) groups is 1. The first-order valence-corrected chi connectivity index (χ1v) is 12.4. The minimum Gasteiger partial charge on any atom is -0.458 e. The van der Waals surface area contributed by atoms with Crippen molar-refractivity contribution >= 4 is 5.97 Å². The van der Waals surface area contributed by atoms with Crippen LogP contribution in [0.5, 0.6) is 0 Å². The minimum atomic E-state index is -0.482. The van der Waals surface area contributed by atoms with E-state index in [1.807, 2.05) is 63.4 Å². The maximum atomic E-state index is 11.9. The van der Waals surface area contributed by atoms with Crippen LogP contribution in [0, 0.1) is 0 Å². The molecular formula is C29H35N3O3. The first-order chi connectivity index (χ1) is 16.9. The number of nitrogens with zero attached hydrogens (tertiary/aromatic N) is 2. The molecule has 184 valence electrons. The molecule has 0 bridgehead atoms. The van der Waals surface area contributed by atoms with Crippen molar-refractivity contribution < 1.29 is 14.3 Å². The van der Waals surface area contributed by atoms with Gasteiger partial charge in [-0.2, -0.15) is 0 Å². The van der Waals surface area contributed by atoms with Crippen LogP contribution in [0.2, 0.25) is 0 Å². The van der Waals surface area contributed by atoms with Gasteiger partial charge in [-0.05, 0) is 46.5 Å². The molecule has 0 atom stereocenters. The first-order valence-electron chi connectivity index (χ1n) is 12.4. The summed E-state index contributed by atoms with van der Waals surface area (Å²) in [5.74, 6) is -0.301. The second kappa shape index (κ2) is 11.6. The number of nitrogens with one attached hydrogen (secondary N) is 1. The smallest absolute Gasteiger partial charge is 0.332 e. The Bertz CT molecular complexity index is 1090. The number of rotatable bonds is 8. The molecule has 0 unspecified atom stereocenters. The predicted octanol–water partition coefficient (Wildman–Crippen LogP) is 5.57. The molecule has 0 spiro atoms. The monoisotopic (exact) mass is 473 g/mol. The molecule has 0 amide bonds. The molecule has 1 aliphatic carbocycles. The molecule has 2 aromatic carbocycles. The average molecular weight is 474 g/mol. The van der Waals surface area contributed by atoms with E-state index in [0.717, 1.165) is 53.9 Å². The van der Waals surface area contributed by atoms with Crippen LogP contribution in [0.3, 0.4) is 0 Å². The molecule has 6 heteroatoms. The number of esters is 1. The van der Waals surface area contributed by atoms with E-state index in [4.69, 9.17) is 19.4 Å². The summed E-state index contributed by atoms with van der Waals surface area (Å²) in [6, 6.07) is 20.8. The summed E-state index contributed by atoms with van der Waals surface area (Å²) in [5, 5.41) is 3.64. The average Bonchev–Trinajstić information content (AvgIpc) is 2.87. The van der Waals surface area contributed by atoms with E-state index in [9.17, 15) is 4.79 Å². The SMILES string of the molecule is CC(C)(C)OC(=O)CO[C@H]1CC[C@@H](NCc2cnc(-c3ccccc3)c(-c3ccccc3)n2)CC1. The van der Waals surface area contributed by atoms with Crippen molar-refractivity contribution in [1.29, 1.82) is 0 Å². The highest BCUT2D eigenvalue weighted by atomic mass is 16.6. The fourth-order valence-electron chi connectivity index (χ4n) is 4.35. The number of carbonyl (C=O) groups excluding carboxylic acids is 1. The third-order valence-corrected chi connectivity index (χ3v) is 6.02. The third kappa shape index (κ3) is 7.44. The predicted molar refractivity (Wildman–Crippen MR) is 138 cm³/mol. The van der Waals surface area contributed by atoms with E-state index < -0.39 is 5.60 Å². The Morgan fingerprint density at radius 3 is 2.11 bits per heavy atom. The van der Waals surface area contributed by atoms with Gasteiger partial charge in [-0.15, -0.1) is 0 Å². The standard InChI is InChI=1S/C29H35N3O3/c1-29(2,3)35-26(33)20-34-25-16-14-23(15-17-25)30-18-24-19-31-27(21-10-6-4-7-11-21)28(32-24)22-12-8-5-9-13-22/h4-13,19,23,25,30H,14-18,20H2,1-3H3/t23-,25+. The van der Waals surface area contributed by atoms with Crippen LogP contribution in [0.25, 0.3) is 22.5 Å². The van der Waals surface area contributed by atoms with E-state index in [2.05, 4.69) is 29.6 Å². The Morgan fingerprint density at radius 2 is 1.51 bits per heavy atom. The summed E-state index contributed by atoms with van der Waals surface area (Å²) < 4.78 is 11.1. The van der Waals surface area contributed by atoms with Crippen LogP contribution in [0.15, 0.2) is 66.9 Å². The zero-order chi connectivity index (χ0) is 24.7. The number of aromatic nitrogens is 2. The van der Waals surface area contributed by atoms with E-state index in [1.54, 1.807) is 0 Å². The summed E-state index contributed by atoms with van der Waals surface area (Å²) in [7, 11) is 0. The van der Waals surface area contributed by atoms with Gasteiger partial charge in [-0.1, -0.05) is 60.7 Å². The van der Waals surface area contributed by atoms with Crippen molar-refractivity contribution in [1.82, 2.24) is 15.3 Å². The summed E-state index contributed by atoms with van der Waals surface area (Å²) in [5.41, 5.74) is 4.35. The lowest BCUT2D eigenvalue weighted by Crippen LogP contribution is -2.36. The quantitative estimate of drug-likeness (QED) is 0.431. The molecule has 0 radical (unpaired) electrons. The maximum Gasteiger partial charge on any atom is 0.332 e. The Labute approximate surface area is 208 Å². The van der Waals surface area contributed by atoms with Gasteiger partial charge >= 0.3 is 5.97 Å². The lowest BCUT2D eigenvalue weighted by Gasteiger charge is -2.29. The molecule has 1 aliphatic rings. The van der Waals surface area contributed by atoms with E-state index in [0.29, 0.717) is 12.6 Å². The van der Waals surface area contributed by atoms with Gasteiger partial charge in [0.15, 0.2) is 0 Å². The minimum absolute atomic E-state index is 0.0195. The summed E-state index contributed by atoms with van der Waals surface area (Å²) >= 11 is 0. The molecular weight excluding hydrogens is 438 g/mol. The van der Waals surface area contributed by atoms with E-state index in [1.165, 1.54) is 0 Å². The molecule has 1 aromatic heterocycles. The summed E-state index contributed by atoms with van der Waals surface area (Å²) in [6.07, 6.45) is 5.83. The molecule has 1 saturated carbocycles. The number of hydrogen-bond acceptors (Lipinski definition) is 6. The zero-order valence-corrected chi connectivity index (χ0v) is 20.9. The van der Waals surface area contributed by atoms with Gasteiger partial charge in [0.2, 0.25) is 0 Å². The van der Waals surface area contributed by atoms with Crippen molar-refractivity contribution in [2.45, 2.75) is 70.7 Å². The summed E-state index contributed by atoms with van der Waals surface area (Å²) in [4.78, 5) is 21.7. The lowest BCUT2D eigenvalue weighted by molar-refractivity contribution is -0.162. The van der Waals surface area contributed by atoms with Gasteiger partial charge in [0, 0.05) is 23.7 Å². The fourth-order valence-corrected chi connectivity index (χ4v) is 4.35. The highest BCUT2D eigenvalue weighted by Gasteiger charge is 2.24. The Hall–Kier alpha value is -3.09. The van der Waals surface area contributed by atoms with Crippen molar-refractivity contribution in [2.75, 3.05) is 6.61 Å². The van der Waals surface area contributed by atoms with Crippen LogP contribution >= 0.6 is 0 Å². The second-order valence-electron chi connectivity index (χ2n) is 10.0. The van der Waals surface area contributed by atoms with Gasteiger partial charge < -0.3 is 14.8 Å². The van der Waals surface area contributed by atoms with Crippen molar-refractivity contribution in [2.24, 2.45) is 0 Å². The van der Waals surface area contributed by atoms with Crippen LogP contribution in [0.1, 0.15) is 52.1 Å². The van der Waals surface area contributed by atoms with Crippen molar-refractivity contribution in [3.8, 4) is 22.5 Å². The van der Waals surface area contributed by atoms with Crippen LogP contribution in [0.4, 0.5) is 0 Å². The van der Waals surface area contributed by atoms with Crippen LogP contribution in [-0.4, -0.2) is 40.3 Å². The van der Waals surface area contributed by atoms with Gasteiger partial charge in [0.25, 0.3) is 0 Å². The molecule has 4 rings (SSSR count). The van der Waals surface area contributed by atoms with Crippen molar-refractivity contribution in [3.05, 3.63) is 72.6 Å². The Balaban J connectivity index is 1.33. The lowest BCUT2D eigenvalue weighted by atomic mass is 9.93. The maximum absolute atomic E-state index is 11.9. The molecule has 1 heterocycles. The second-order valence-corrected chi connectivity index (χ2v) is 10.0. The molecule has 1 N–H and O–H groups in total. The van der Waals surface area contributed by atoms with E-state index in [-0.39, 0.29) is 18.7 Å². The summed E-state index contributed by atoms with van der Waals surface area (Å²) in [6.45, 7) is 6.28. The van der Waals surface area contributed by atoms with Gasteiger partial charge in [-0.3, -0.25) is 4.98 Å². The molecule has 0 aliphatic heterocycles. The molecule has 3 aromatic rings. The normalized spacial score (nSPS) is 18.3. The molecule has 0 saturated heterocycles. The third-order valence-electron chi connectivity index (χ3n) is 6.02. The van der Waals surface area contributed by atoms with Crippen LogP contribution in [-0.2, 0) is 20.8 Å². The first kappa shape index (κ1) is 25.0. The van der Waals surface area contributed by atoms with Crippen molar-refractivity contribution in [3.63, 3.8) is 0 Å². The Kier molecular flexibility index (Phi) is 8.26. The highest BCUT2D eigenvalue weighted by Crippen LogP contribution is 2.29. The Morgan fingerprint density at radius 1 is 0.914 bits per heavy atom. The number of hydrogen-bond donors (Lipinski definition) is 1. The molecule has 6 nitrogen and oxygen atoms in total. The largest absolute Gasteiger partial charge is 0.458 e. The molecule has 35 heavy (non-hydrogen) atoms. The van der Waals surface area contributed by atoms with Gasteiger partial charge in [-0.25, -0.2) is 9.78 Å². The number of ether oxygens (including phenoxy) is 2. The van der Waals surface area contributed by atoms with Gasteiger partial charge in [0.05, 0.1) is 29.4 Å².